The van der Waals surface area contributed by atoms with E-state index in [2.05, 4.69) is 25.5 Å². The number of azo groups is 1. The first kappa shape index (κ1) is 19.6. The Bertz CT molecular complexity index is 1210. The van der Waals surface area contributed by atoms with E-state index in [0.29, 0.717) is 14.3 Å². The van der Waals surface area contributed by atoms with Crippen molar-refractivity contribution in [2.45, 2.75) is 13.8 Å². The Balaban J connectivity index is 1.82. The molecule has 1 aromatic carbocycles. The van der Waals surface area contributed by atoms with Crippen LogP contribution in [0.3, 0.4) is 0 Å². The van der Waals surface area contributed by atoms with Crippen molar-refractivity contribution in [3.8, 4) is 5.75 Å². The lowest BCUT2D eigenvalue weighted by molar-refractivity contribution is -0.114. The Hall–Kier alpha value is -3.11. The summed E-state index contributed by atoms with van der Waals surface area (Å²) in [7, 11) is 1.61. The second kappa shape index (κ2) is 8.72. The van der Waals surface area contributed by atoms with Crippen LogP contribution in [0.5, 0.6) is 5.75 Å². The van der Waals surface area contributed by atoms with E-state index < -0.39 is 0 Å². The number of nitrogens with zero attached hydrogens (tertiary/aromatic N) is 3. The molecule has 1 amide bonds. The van der Waals surface area contributed by atoms with Crippen LogP contribution in [0.2, 0.25) is 0 Å². The quantitative estimate of drug-likeness (QED) is 0.624. The number of H-pyrrole nitrogens is 1. The van der Waals surface area contributed by atoms with Crippen molar-refractivity contribution < 1.29 is 9.53 Å². The second-order valence-corrected chi connectivity index (χ2v) is 7.82. The van der Waals surface area contributed by atoms with Crippen LogP contribution in [0, 0.1) is 6.92 Å². The van der Waals surface area contributed by atoms with E-state index in [1.165, 1.54) is 35.8 Å². The van der Waals surface area contributed by atoms with E-state index in [1.807, 2.05) is 25.1 Å². The van der Waals surface area contributed by atoms with Gasteiger partial charge in [0.2, 0.25) is 5.91 Å². The van der Waals surface area contributed by atoms with Gasteiger partial charge in [-0.3, -0.25) is 9.59 Å². The van der Waals surface area contributed by atoms with Crippen LogP contribution in [-0.4, -0.2) is 23.0 Å². The standard InChI is InChI=1S/C18H17N5O3S2/c1-10-6-12(26-3)4-5-14(10)23-20-9-16-22-17(25)15(28-16)7-13-8-19-18(27-13)21-11(2)24/h4-9H,1-3H3,(H,22,25)(H,19,21,24)/b15-7-,16-9-,23-20?. The number of aryl methyl sites for hydroxylation is 1. The van der Waals surface area contributed by atoms with E-state index in [1.54, 1.807) is 19.4 Å². The molecule has 0 saturated carbocycles. The van der Waals surface area contributed by atoms with Gasteiger partial charge in [0.25, 0.3) is 5.56 Å². The first-order chi connectivity index (χ1) is 13.4. The van der Waals surface area contributed by atoms with Crippen LogP contribution in [0.15, 0.2) is 39.4 Å². The van der Waals surface area contributed by atoms with Gasteiger partial charge in [0.15, 0.2) is 5.13 Å². The molecule has 3 rings (SSSR count). The number of aromatic nitrogens is 2. The lowest BCUT2D eigenvalue weighted by Crippen LogP contribution is -2.19. The molecule has 3 aromatic rings. The molecule has 2 aromatic heterocycles. The summed E-state index contributed by atoms with van der Waals surface area (Å²) in [5, 5.41) is 11.3. The molecular formula is C18H17N5O3S2. The minimum Gasteiger partial charge on any atom is -0.497 e. The average Bonchev–Trinajstić information content (AvgIpc) is 3.22. The number of anilines is 1. The van der Waals surface area contributed by atoms with Gasteiger partial charge in [-0.05, 0) is 36.8 Å². The van der Waals surface area contributed by atoms with Gasteiger partial charge >= 0.3 is 0 Å². The third-order valence-corrected chi connectivity index (χ3v) is 5.32. The van der Waals surface area contributed by atoms with Crippen molar-refractivity contribution in [3.05, 3.63) is 54.4 Å². The van der Waals surface area contributed by atoms with Gasteiger partial charge in [-0.2, -0.15) is 10.2 Å². The fourth-order valence-corrected chi connectivity index (χ4v) is 3.91. The molecule has 0 spiro atoms. The monoisotopic (exact) mass is 415 g/mol. The number of hydrogen-bond acceptors (Lipinski definition) is 8. The number of benzene rings is 1. The summed E-state index contributed by atoms with van der Waals surface area (Å²) in [5.74, 6) is 0.567. The molecule has 2 N–H and O–H groups in total. The molecule has 0 atom stereocenters. The molecular weight excluding hydrogens is 398 g/mol. The number of rotatable bonds is 5. The van der Waals surface area contributed by atoms with E-state index in [0.717, 1.165) is 21.9 Å². The minimum atomic E-state index is -0.221. The van der Waals surface area contributed by atoms with Crippen molar-refractivity contribution in [2.24, 2.45) is 10.2 Å². The van der Waals surface area contributed by atoms with Crippen LogP contribution in [-0.2, 0) is 4.79 Å². The summed E-state index contributed by atoms with van der Waals surface area (Å²) in [6.07, 6.45) is 4.82. The highest BCUT2D eigenvalue weighted by molar-refractivity contribution is 7.16. The molecule has 0 aliphatic rings. The van der Waals surface area contributed by atoms with Crippen LogP contribution in [0.1, 0.15) is 17.4 Å². The van der Waals surface area contributed by atoms with Crippen molar-refractivity contribution in [3.63, 3.8) is 0 Å². The molecule has 0 aliphatic heterocycles. The van der Waals surface area contributed by atoms with Gasteiger partial charge in [0.05, 0.1) is 28.4 Å². The van der Waals surface area contributed by atoms with Gasteiger partial charge in [-0.1, -0.05) is 11.3 Å². The largest absolute Gasteiger partial charge is 0.497 e. The van der Waals surface area contributed by atoms with Crippen LogP contribution < -0.4 is 24.8 Å². The summed E-state index contributed by atoms with van der Waals surface area (Å²) in [6.45, 7) is 3.33. The van der Waals surface area contributed by atoms with Crippen molar-refractivity contribution in [1.82, 2.24) is 9.97 Å². The first-order valence-corrected chi connectivity index (χ1v) is 9.78. The first-order valence-electron chi connectivity index (χ1n) is 8.14. The number of amides is 1. The fraction of sp³-hybridized carbons (Fsp3) is 0.167. The Morgan fingerprint density at radius 2 is 2.18 bits per heavy atom. The van der Waals surface area contributed by atoms with Gasteiger partial charge in [0.1, 0.15) is 10.4 Å². The smallest absolute Gasteiger partial charge is 0.266 e. The zero-order valence-corrected chi connectivity index (χ0v) is 17.0. The average molecular weight is 416 g/mol. The van der Waals surface area contributed by atoms with Crippen LogP contribution >= 0.6 is 22.7 Å². The summed E-state index contributed by atoms with van der Waals surface area (Å²) >= 11 is 2.55. The van der Waals surface area contributed by atoms with E-state index in [4.69, 9.17) is 4.74 Å². The molecule has 0 bridgehead atoms. The molecule has 144 valence electrons. The van der Waals surface area contributed by atoms with Gasteiger partial charge < -0.3 is 15.0 Å². The maximum Gasteiger partial charge on any atom is 0.266 e. The lowest BCUT2D eigenvalue weighted by Gasteiger charge is -2.02. The molecule has 0 aliphatic carbocycles. The van der Waals surface area contributed by atoms with Crippen molar-refractivity contribution in [2.75, 3.05) is 12.4 Å². The van der Waals surface area contributed by atoms with E-state index in [-0.39, 0.29) is 11.5 Å². The number of ether oxygens (including phenoxy) is 1. The Morgan fingerprint density at radius 3 is 2.89 bits per heavy atom. The topological polar surface area (TPSA) is 109 Å². The highest BCUT2D eigenvalue weighted by Gasteiger charge is 2.03. The number of carbonyl (C=O) groups excluding carboxylic acids is 1. The van der Waals surface area contributed by atoms with Gasteiger partial charge in [0, 0.05) is 13.1 Å². The predicted octanol–water partition coefficient (Wildman–Crippen LogP) is 2.52. The summed E-state index contributed by atoms with van der Waals surface area (Å²) in [6, 6.07) is 5.50. The number of thiazole rings is 2. The summed E-state index contributed by atoms with van der Waals surface area (Å²) < 4.78 is 6.26. The number of hydrogen-bond donors (Lipinski definition) is 2. The van der Waals surface area contributed by atoms with Crippen LogP contribution in [0.25, 0.3) is 12.3 Å². The molecule has 0 unspecified atom stereocenters. The minimum absolute atomic E-state index is 0.191. The molecule has 28 heavy (non-hydrogen) atoms. The molecule has 0 saturated heterocycles. The lowest BCUT2D eigenvalue weighted by atomic mass is 10.2. The van der Waals surface area contributed by atoms with Crippen molar-refractivity contribution >= 4 is 51.7 Å². The maximum atomic E-state index is 12.1. The number of aromatic amines is 1. The van der Waals surface area contributed by atoms with Gasteiger partial charge in [-0.15, -0.1) is 11.3 Å². The van der Waals surface area contributed by atoms with Crippen LogP contribution in [0.4, 0.5) is 10.8 Å². The zero-order chi connectivity index (χ0) is 20.1. The third-order valence-electron chi connectivity index (χ3n) is 3.50. The molecule has 0 radical (unpaired) electrons. The summed E-state index contributed by atoms with van der Waals surface area (Å²) in [5.41, 5.74) is 1.44. The maximum absolute atomic E-state index is 12.1. The number of methoxy groups -OCH3 is 1. The molecule has 10 heteroatoms. The third kappa shape index (κ3) is 4.99. The predicted molar refractivity (Wildman–Crippen MR) is 111 cm³/mol. The zero-order valence-electron chi connectivity index (χ0n) is 15.3. The molecule has 2 heterocycles. The SMILES string of the molecule is COc1ccc(N=N/C=c2/[nH]c(=O)/c(=C/c3cnc(NC(C)=O)s3)s2)c(C)c1. The highest BCUT2D eigenvalue weighted by Crippen LogP contribution is 2.23. The van der Waals surface area contributed by atoms with E-state index >= 15 is 0 Å². The van der Waals surface area contributed by atoms with E-state index in [9.17, 15) is 9.59 Å². The van der Waals surface area contributed by atoms with Crippen molar-refractivity contribution in [1.29, 1.82) is 0 Å². The Labute approximate surface area is 168 Å². The second-order valence-electron chi connectivity index (χ2n) is 5.67. The number of nitrogens with one attached hydrogen (secondary N) is 2. The number of carbonyl (C=O) groups is 1. The van der Waals surface area contributed by atoms with Gasteiger partial charge in [-0.25, -0.2) is 4.98 Å². The summed E-state index contributed by atoms with van der Waals surface area (Å²) in [4.78, 5) is 30.8. The highest BCUT2D eigenvalue weighted by atomic mass is 32.1. The molecule has 8 nitrogen and oxygen atoms in total. The Morgan fingerprint density at radius 1 is 1.36 bits per heavy atom. The molecule has 0 fully saturated rings. The normalized spacial score (nSPS) is 12.7. The Kier molecular flexibility index (Phi) is 6.12. The fourth-order valence-electron chi connectivity index (χ4n) is 2.22.